The normalized spacial score (nSPS) is 14.6. The van der Waals surface area contributed by atoms with Gasteiger partial charge >= 0.3 is 0 Å². The quantitative estimate of drug-likeness (QED) is 0.544. The lowest BCUT2D eigenvalue weighted by Crippen LogP contribution is -2.28. The first-order valence-corrected chi connectivity index (χ1v) is 10.5. The van der Waals surface area contributed by atoms with Gasteiger partial charge in [0, 0.05) is 25.2 Å². The third-order valence-electron chi connectivity index (χ3n) is 4.53. The Morgan fingerprint density at radius 1 is 1.21 bits per heavy atom. The van der Waals surface area contributed by atoms with Gasteiger partial charge in [-0.3, -0.25) is 14.9 Å². The minimum atomic E-state index is -3.74. The molecule has 2 aromatic carbocycles. The summed E-state index contributed by atoms with van der Waals surface area (Å²) in [5.41, 5.74) is -0.252. The number of nitrogens with zero attached hydrogens (tertiary/aromatic N) is 2. The number of amides is 1. The lowest BCUT2D eigenvalue weighted by molar-refractivity contribution is -0.384. The van der Waals surface area contributed by atoms with Crippen LogP contribution in [-0.2, 0) is 10.0 Å². The summed E-state index contributed by atoms with van der Waals surface area (Å²) in [6.07, 6.45) is 1.57. The topological polar surface area (TPSA) is 119 Å². The molecule has 1 fully saturated rings. The molecule has 1 heterocycles. The van der Waals surface area contributed by atoms with Crippen molar-refractivity contribution in [2.24, 2.45) is 0 Å². The second-order valence-corrected chi connectivity index (χ2v) is 8.69. The molecule has 9 nitrogen and oxygen atoms in total. The first-order valence-electron chi connectivity index (χ1n) is 8.67. The smallest absolute Gasteiger partial charge is 0.271 e. The maximum absolute atomic E-state index is 12.8. The molecule has 3 rings (SSSR count). The van der Waals surface area contributed by atoms with E-state index in [0.29, 0.717) is 13.1 Å². The Bertz CT molecular complexity index is 1070. The van der Waals surface area contributed by atoms with Crippen LogP contribution in [0, 0.1) is 10.1 Å². The molecule has 0 spiro atoms. The van der Waals surface area contributed by atoms with Gasteiger partial charge in [0.2, 0.25) is 10.0 Å². The lowest BCUT2D eigenvalue weighted by Gasteiger charge is -2.17. The van der Waals surface area contributed by atoms with Crippen LogP contribution in [0.4, 0.5) is 11.4 Å². The zero-order chi connectivity index (χ0) is 21.2. The third kappa shape index (κ3) is 4.34. The highest BCUT2D eigenvalue weighted by Crippen LogP contribution is 2.30. The van der Waals surface area contributed by atoms with E-state index in [1.165, 1.54) is 41.7 Å². The SMILES string of the molecule is COc1ccc(S(=O)(=O)N2CCCC2)cc1C(=O)Nc1cc([N+](=O)[O-])ccc1Cl. The van der Waals surface area contributed by atoms with Crippen molar-refractivity contribution >= 4 is 38.9 Å². The number of nitrogens with one attached hydrogen (secondary N) is 1. The predicted molar refractivity (Wildman–Crippen MR) is 107 cm³/mol. The van der Waals surface area contributed by atoms with Gasteiger partial charge in [-0.1, -0.05) is 11.6 Å². The van der Waals surface area contributed by atoms with Crippen molar-refractivity contribution in [3.8, 4) is 5.75 Å². The van der Waals surface area contributed by atoms with Gasteiger partial charge in [-0.15, -0.1) is 0 Å². The van der Waals surface area contributed by atoms with Crippen molar-refractivity contribution in [2.45, 2.75) is 17.7 Å². The molecule has 1 aliphatic rings. The molecular formula is C18H18ClN3O6S. The van der Waals surface area contributed by atoms with Crippen LogP contribution in [0.3, 0.4) is 0 Å². The molecule has 0 bridgehead atoms. The number of anilines is 1. The van der Waals surface area contributed by atoms with E-state index < -0.39 is 20.9 Å². The summed E-state index contributed by atoms with van der Waals surface area (Å²) in [4.78, 5) is 23.1. The molecule has 1 N–H and O–H groups in total. The number of rotatable bonds is 6. The van der Waals surface area contributed by atoms with Gasteiger partial charge in [0.25, 0.3) is 11.6 Å². The number of ether oxygens (including phenoxy) is 1. The predicted octanol–water partition coefficient (Wildman–Crippen LogP) is 3.29. The first-order chi connectivity index (χ1) is 13.7. The van der Waals surface area contributed by atoms with Gasteiger partial charge in [-0.25, -0.2) is 8.42 Å². The van der Waals surface area contributed by atoms with Crippen molar-refractivity contribution in [1.29, 1.82) is 0 Å². The van der Waals surface area contributed by atoms with Crippen molar-refractivity contribution < 1.29 is 22.9 Å². The Morgan fingerprint density at radius 3 is 2.52 bits per heavy atom. The second-order valence-electron chi connectivity index (χ2n) is 6.35. The van der Waals surface area contributed by atoms with Crippen LogP contribution in [0.1, 0.15) is 23.2 Å². The highest BCUT2D eigenvalue weighted by atomic mass is 35.5. The van der Waals surface area contributed by atoms with Crippen molar-refractivity contribution in [3.05, 3.63) is 57.1 Å². The Kier molecular flexibility index (Phi) is 6.06. The van der Waals surface area contributed by atoms with Crippen LogP contribution in [0.25, 0.3) is 0 Å². The number of sulfonamides is 1. The number of non-ortho nitro benzene ring substituents is 1. The Hall–Kier alpha value is -2.69. The number of hydrogen-bond donors (Lipinski definition) is 1. The van der Waals surface area contributed by atoms with Gasteiger partial charge in [0.05, 0.1) is 33.2 Å². The number of benzene rings is 2. The van der Waals surface area contributed by atoms with E-state index in [2.05, 4.69) is 5.32 Å². The summed E-state index contributed by atoms with van der Waals surface area (Å²) in [6, 6.07) is 7.63. The minimum absolute atomic E-state index is 0.0284. The average molecular weight is 440 g/mol. The van der Waals surface area contributed by atoms with E-state index in [1.807, 2.05) is 0 Å². The van der Waals surface area contributed by atoms with E-state index in [1.54, 1.807) is 0 Å². The van der Waals surface area contributed by atoms with Crippen LogP contribution >= 0.6 is 11.6 Å². The molecule has 1 amide bonds. The largest absolute Gasteiger partial charge is 0.496 e. The van der Waals surface area contributed by atoms with Crippen molar-refractivity contribution in [2.75, 3.05) is 25.5 Å². The molecule has 0 saturated carbocycles. The molecule has 154 valence electrons. The van der Waals surface area contributed by atoms with Crippen LogP contribution in [0.15, 0.2) is 41.3 Å². The molecule has 2 aromatic rings. The van der Waals surface area contributed by atoms with Gasteiger partial charge in [0.15, 0.2) is 0 Å². The molecule has 11 heteroatoms. The number of nitro groups is 1. The molecule has 0 aliphatic carbocycles. The minimum Gasteiger partial charge on any atom is -0.496 e. The summed E-state index contributed by atoms with van der Waals surface area (Å²) in [6.45, 7) is 0.859. The lowest BCUT2D eigenvalue weighted by atomic mass is 10.1. The van der Waals surface area contributed by atoms with E-state index >= 15 is 0 Å². The summed E-state index contributed by atoms with van der Waals surface area (Å²) >= 11 is 6.02. The maximum Gasteiger partial charge on any atom is 0.271 e. The third-order valence-corrected chi connectivity index (χ3v) is 6.75. The van der Waals surface area contributed by atoms with Crippen LogP contribution < -0.4 is 10.1 Å². The van der Waals surface area contributed by atoms with E-state index in [0.717, 1.165) is 18.9 Å². The summed E-state index contributed by atoms with van der Waals surface area (Å²) in [5.74, 6) is -0.549. The fourth-order valence-corrected chi connectivity index (χ4v) is 4.72. The number of methoxy groups -OCH3 is 1. The zero-order valence-electron chi connectivity index (χ0n) is 15.4. The number of hydrogen-bond acceptors (Lipinski definition) is 6. The summed E-state index contributed by atoms with van der Waals surface area (Å²) < 4.78 is 32.1. The average Bonchev–Trinajstić information content (AvgIpc) is 3.24. The molecule has 0 unspecified atom stereocenters. The standard InChI is InChI=1S/C18H18ClN3O6S/c1-28-17-7-5-13(29(26,27)21-8-2-3-9-21)11-14(17)18(23)20-16-10-12(22(24)25)4-6-15(16)19/h4-7,10-11H,2-3,8-9H2,1H3,(H,20,23). The fourth-order valence-electron chi connectivity index (χ4n) is 3.01. The van der Waals surface area contributed by atoms with Gasteiger partial charge in [-0.2, -0.15) is 4.31 Å². The highest BCUT2D eigenvalue weighted by molar-refractivity contribution is 7.89. The van der Waals surface area contributed by atoms with Crippen LogP contribution in [0.5, 0.6) is 5.75 Å². The number of halogens is 1. The van der Waals surface area contributed by atoms with E-state index in [4.69, 9.17) is 16.3 Å². The van der Waals surface area contributed by atoms with Crippen molar-refractivity contribution in [3.63, 3.8) is 0 Å². The number of carbonyl (C=O) groups is 1. The fraction of sp³-hybridized carbons (Fsp3) is 0.278. The van der Waals surface area contributed by atoms with E-state index in [-0.39, 0.29) is 32.6 Å². The van der Waals surface area contributed by atoms with Gasteiger partial charge in [-0.05, 0) is 37.1 Å². The number of nitro benzene ring substituents is 1. The van der Waals surface area contributed by atoms with Crippen LogP contribution in [0.2, 0.25) is 5.02 Å². The van der Waals surface area contributed by atoms with Crippen molar-refractivity contribution in [1.82, 2.24) is 4.31 Å². The highest BCUT2D eigenvalue weighted by Gasteiger charge is 2.29. The van der Waals surface area contributed by atoms with Crippen LogP contribution in [-0.4, -0.2) is 43.8 Å². The molecule has 1 saturated heterocycles. The monoisotopic (exact) mass is 439 g/mol. The molecule has 1 aliphatic heterocycles. The molecule has 0 atom stereocenters. The van der Waals surface area contributed by atoms with Gasteiger partial charge in [0.1, 0.15) is 5.75 Å². The summed E-state index contributed by atoms with van der Waals surface area (Å²) in [5, 5.41) is 13.5. The zero-order valence-corrected chi connectivity index (χ0v) is 17.0. The Balaban J connectivity index is 1.96. The first kappa shape index (κ1) is 21.0. The molecular weight excluding hydrogens is 422 g/mol. The van der Waals surface area contributed by atoms with E-state index in [9.17, 15) is 23.3 Å². The Labute approximate surface area is 172 Å². The molecule has 29 heavy (non-hydrogen) atoms. The second kappa shape index (κ2) is 8.36. The Morgan fingerprint density at radius 2 is 1.90 bits per heavy atom. The summed E-state index contributed by atoms with van der Waals surface area (Å²) in [7, 11) is -2.39. The maximum atomic E-state index is 12.8. The van der Waals surface area contributed by atoms with Gasteiger partial charge < -0.3 is 10.1 Å². The molecule has 0 aromatic heterocycles. The molecule has 0 radical (unpaired) electrons. The number of carbonyl (C=O) groups excluding carboxylic acids is 1.